The van der Waals surface area contributed by atoms with Crippen LogP contribution >= 0.6 is 0 Å². The highest BCUT2D eigenvalue weighted by Crippen LogP contribution is 2.44. The predicted octanol–water partition coefficient (Wildman–Crippen LogP) is 3.97. The summed E-state index contributed by atoms with van der Waals surface area (Å²) in [6.07, 6.45) is -0.593. The van der Waals surface area contributed by atoms with Gasteiger partial charge in [0.1, 0.15) is 6.61 Å². The summed E-state index contributed by atoms with van der Waals surface area (Å²) < 4.78 is 10.7. The van der Waals surface area contributed by atoms with Gasteiger partial charge in [0.25, 0.3) is 5.91 Å². The largest absolute Gasteiger partial charge is 0.480 e. The van der Waals surface area contributed by atoms with E-state index in [-0.39, 0.29) is 32.3 Å². The molecule has 0 radical (unpaired) electrons. The van der Waals surface area contributed by atoms with E-state index in [0.717, 1.165) is 22.3 Å². The Kier molecular flexibility index (Phi) is 6.20. The van der Waals surface area contributed by atoms with Crippen molar-refractivity contribution in [3.8, 4) is 11.1 Å². The molecule has 1 aliphatic heterocycles. The first-order chi connectivity index (χ1) is 17.0. The zero-order valence-corrected chi connectivity index (χ0v) is 18.8. The number of nitrogens with one attached hydrogen (secondary N) is 1. The fourth-order valence-corrected chi connectivity index (χ4v) is 4.67. The fourth-order valence-electron chi connectivity index (χ4n) is 4.67. The van der Waals surface area contributed by atoms with E-state index in [2.05, 4.69) is 29.6 Å². The standard InChI is InChI=1S/C27H24N2O6/c30-25(29-13-14-34-16-24(29)26(31)32)17-9-11-18(12-10-17)28-27(33)35-15-23-21-7-3-1-5-19(21)20-6-2-4-8-22(20)23/h1-12,23-24H,13-16H2,(H,28,33)(H,31,32). The number of carbonyl (C=O) groups is 3. The molecule has 0 bridgehead atoms. The molecule has 8 heteroatoms. The normalized spacial score (nSPS) is 16.8. The zero-order valence-electron chi connectivity index (χ0n) is 18.8. The number of carbonyl (C=O) groups excluding carboxylic acids is 2. The molecule has 2 amide bonds. The number of hydrogen-bond donors (Lipinski definition) is 2. The number of aliphatic carboxylic acids is 1. The van der Waals surface area contributed by atoms with Crippen molar-refractivity contribution in [1.29, 1.82) is 0 Å². The van der Waals surface area contributed by atoms with E-state index >= 15 is 0 Å². The first-order valence-electron chi connectivity index (χ1n) is 11.4. The van der Waals surface area contributed by atoms with Crippen LogP contribution in [-0.2, 0) is 14.3 Å². The van der Waals surface area contributed by atoms with Crippen LogP contribution in [0.5, 0.6) is 0 Å². The fraction of sp³-hybridized carbons (Fsp3) is 0.222. The van der Waals surface area contributed by atoms with Crippen LogP contribution < -0.4 is 5.32 Å². The Morgan fingerprint density at radius 2 is 1.57 bits per heavy atom. The Morgan fingerprint density at radius 3 is 2.20 bits per heavy atom. The number of nitrogens with zero attached hydrogens (tertiary/aromatic N) is 1. The van der Waals surface area contributed by atoms with Crippen LogP contribution in [0.25, 0.3) is 11.1 Å². The van der Waals surface area contributed by atoms with E-state index in [1.165, 1.54) is 4.90 Å². The van der Waals surface area contributed by atoms with E-state index in [4.69, 9.17) is 9.47 Å². The van der Waals surface area contributed by atoms with E-state index < -0.39 is 24.0 Å². The third-order valence-corrected chi connectivity index (χ3v) is 6.40. The summed E-state index contributed by atoms with van der Waals surface area (Å²) in [6, 6.07) is 21.5. The van der Waals surface area contributed by atoms with Gasteiger partial charge in [-0.1, -0.05) is 48.5 Å². The number of amides is 2. The minimum absolute atomic E-state index is 0.0381. The number of benzene rings is 3. The quantitative estimate of drug-likeness (QED) is 0.582. The smallest absolute Gasteiger partial charge is 0.411 e. The van der Waals surface area contributed by atoms with Crippen molar-refractivity contribution in [2.75, 3.05) is 31.7 Å². The van der Waals surface area contributed by atoms with Crippen molar-refractivity contribution in [3.05, 3.63) is 89.5 Å². The molecule has 2 N–H and O–H groups in total. The molecule has 3 aromatic rings. The maximum Gasteiger partial charge on any atom is 0.411 e. The second kappa shape index (κ2) is 9.60. The lowest BCUT2D eigenvalue weighted by atomic mass is 9.98. The van der Waals surface area contributed by atoms with E-state index in [0.29, 0.717) is 11.3 Å². The van der Waals surface area contributed by atoms with Gasteiger partial charge in [-0.2, -0.15) is 0 Å². The third kappa shape index (κ3) is 4.48. The highest BCUT2D eigenvalue weighted by atomic mass is 16.5. The summed E-state index contributed by atoms with van der Waals surface area (Å²) in [5.41, 5.74) is 5.37. The molecule has 1 unspecified atom stereocenters. The monoisotopic (exact) mass is 472 g/mol. The van der Waals surface area contributed by atoms with Crippen LogP contribution in [0.15, 0.2) is 72.8 Å². The highest BCUT2D eigenvalue weighted by molar-refractivity contribution is 5.97. The van der Waals surface area contributed by atoms with Crippen LogP contribution in [0, 0.1) is 0 Å². The summed E-state index contributed by atoms with van der Waals surface area (Å²) in [4.78, 5) is 38.0. The molecule has 1 atom stereocenters. The van der Waals surface area contributed by atoms with Crippen molar-refractivity contribution in [2.45, 2.75) is 12.0 Å². The van der Waals surface area contributed by atoms with Gasteiger partial charge in [-0.05, 0) is 46.5 Å². The summed E-state index contributed by atoms with van der Waals surface area (Å²) in [5, 5.41) is 12.0. The van der Waals surface area contributed by atoms with Gasteiger partial charge in [0, 0.05) is 23.7 Å². The predicted molar refractivity (Wildman–Crippen MR) is 128 cm³/mol. The van der Waals surface area contributed by atoms with Crippen molar-refractivity contribution in [1.82, 2.24) is 4.90 Å². The Balaban J connectivity index is 1.21. The van der Waals surface area contributed by atoms with Gasteiger partial charge in [-0.15, -0.1) is 0 Å². The topological polar surface area (TPSA) is 105 Å². The zero-order chi connectivity index (χ0) is 24.4. The molecular formula is C27H24N2O6. The SMILES string of the molecule is O=C(Nc1ccc(C(=O)N2CCOCC2C(=O)O)cc1)OCC1c2ccccc2-c2ccccc21. The maximum atomic E-state index is 12.8. The first kappa shape index (κ1) is 22.6. The number of hydrogen-bond acceptors (Lipinski definition) is 5. The van der Waals surface area contributed by atoms with Gasteiger partial charge >= 0.3 is 12.1 Å². The summed E-state index contributed by atoms with van der Waals surface area (Å²) in [5.74, 6) is -1.54. The van der Waals surface area contributed by atoms with Crippen LogP contribution in [0.3, 0.4) is 0 Å². The molecule has 3 aromatic carbocycles. The Hall–Kier alpha value is -4.17. The Morgan fingerprint density at radius 1 is 0.943 bits per heavy atom. The first-order valence-corrected chi connectivity index (χ1v) is 11.4. The van der Waals surface area contributed by atoms with Crippen LogP contribution in [-0.4, -0.2) is 60.4 Å². The summed E-state index contributed by atoms with van der Waals surface area (Å²) in [6.45, 7) is 0.652. The molecule has 1 aliphatic carbocycles. The molecule has 1 fully saturated rings. The Labute approximate surface area is 202 Å². The third-order valence-electron chi connectivity index (χ3n) is 6.40. The van der Waals surface area contributed by atoms with Crippen LogP contribution in [0.1, 0.15) is 27.4 Å². The summed E-state index contributed by atoms with van der Waals surface area (Å²) in [7, 11) is 0. The van der Waals surface area contributed by atoms with Gasteiger partial charge in [-0.25, -0.2) is 9.59 Å². The van der Waals surface area contributed by atoms with E-state index in [1.54, 1.807) is 24.3 Å². The van der Waals surface area contributed by atoms with Crippen LogP contribution in [0.2, 0.25) is 0 Å². The van der Waals surface area contributed by atoms with Crippen molar-refractivity contribution >= 4 is 23.7 Å². The number of carboxylic acids is 1. The number of carboxylic acid groups (broad SMARTS) is 1. The molecule has 1 heterocycles. The minimum atomic E-state index is -1.11. The van der Waals surface area contributed by atoms with Crippen LogP contribution in [0.4, 0.5) is 10.5 Å². The molecule has 0 saturated carbocycles. The molecule has 5 rings (SSSR count). The second-order valence-corrected chi connectivity index (χ2v) is 8.46. The van der Waals surface area contributed by atoms with E-state index in [1.807, 2.05) is 24.3 Å². The number of morpholine rings is 1. The lowest BCUT2D eigenvalue weighted by molar-refractivity contribution is -0.147. The molecule has 0 aromatic heterocycles. The maximum absolute atomic E-state index is 12.8. The average molecular weight is 472 g/mol. The lowest BCUT2D eigenvalue weighted by Gasteiger charge is -2.32. The molecule has 178 valence electrons. The van der Waals surface area contributed by atoms with Gasteiger partial charge < -0.3 is 19.5 Å². The number of anilines is 1. The highest BCUT2D eigenvalue weighted by Gasteiger charge is 2.33. The van der Waals surface area contributed by atoms with Crippen molar-refractivity contribution < 1.29 is 29.0 Å². The number of ether oxygens (including phenoxy) is 2. The minimum Gasteiger partial charge on any atom is -0.480 e. The molecule has 2 aliphatic rings. The van der Waals surface area contributed by atoms with Crippen molar-refractivity contribution in [2.24, 2.45) is 0 Å². The van der Waals surface area contributed by atoms with Gasteiger partial charge in [0.05, 0.1) is 13.2 Å². The van der Waals surface area contributed by atoms with Crippen molar-refractivity contribution in [3.63, 3.8) is 0 Å². The van der Waals surface area contributed by atoms with Gasteiger partial charge in [-0.3, -0.25) is 10.1 Å². The lowest BCUT2D eigenvalue weighted by Crippen LogP contribution is -2.52. The molecule has 35 heavy (non-hydrogen) atoms. The molecule has 0 spiro atoms. The summed E-state index contributed by atoms with van der Waals surface area (Å²) >= 11 is 0. The average Bonchev–Trinajstić information content (AvgIpc) is 3.21. The Bertz CT molecular complexity index is 1230. The van der Waals surface area contributed by atoms with Gasteiger partial charge in [0.2, 0.25) is 0 Å². The van der Waals surface area contributed by atoms with Gasteiger partial charge in [0.15, 0.2) is 6.04 Å². The molecule has 1 saturated heterocycles. The van der Waals surface area contributed by atoms with E-state index in [9.17, 15) is 19.5 Å². The molecule has 8 nitrogen and oxygen atoms in total. The second-order valence-electron chi connectivity index (χ2n) is 8.46. The number of rotatable bonds is 5. The number of fused-ring (bicyclic) bond motifs is 3. The molecular weight excluding hydrogens is 448 g/mol.